The lowest BCUT2D eigenvalue weighted by Gasteiger charge is -2.38. The monoisotopic (exact) mass is 346 g/mol. The number of likely N-dealkylation sites (tertiary alicyclic amines) is 1. The molecule has 1 saturated heterocycles. The van der Waals surface area contributed by atoms with E-state index in [-0.39, 0.29) is 31.3 Å². The minimum absolute atomic E-state index is 0.0599. The summed E-state index contributed by atoms with van der Waals surface area (Å²) >= 11 is 0. The van der Waals surface area contributed by atoms with Crippen molar-refractivity contribution < 1.29 is 22.8 Å². The van der Waals surface area contributed by atoms with Gasteiger partial charge in [0.2, 0.25) is 5.91 Å². The van der Waals surface area contributed by atoms with E-state index < -0.39 is 18.1 Å². The van der Waals surface area contributed by atoms with Crippen LogP contribution in [0.15, 0.2) is 6.20 Å². The van der Waals surface area contributed by atoms with Crippen LogP contribution < -0.4 is 10.6 Å². The highest BCUT2D eigenvalue weighted by atomic mass is 19.4. The van der Waals surface area contributed by atoms with Crippen LogP contribution in [-0.2, 0) is 4.79 Å². The number of hydrogen-bond donors (Lipinski definition) is 3. The van der Waals surface area contributed by atoms with Gasteiger partial charge in [0.15, 0.2) is 0 Å². The molecule has 24 heavy (non-hydrogen) atoms. The summed E-state index contributed by atoms with van der Waals surface area (Å²) in [4.78, 5) is 27.7. The Kier molecular flexibility index (Phi) is 5.22. The van der Waals surface area contributed by atoms with E-state index in [1.165, 1.54) is 25.1 Å². The van der Waals surface area contributed by atoms with Crippen LogP contribution in [0.3, 0.4) is 0 Å². The van der Waals surface area contributed by atoms with Crippen molar-refractivity contribution in [3.63, 3.8) is 0 Å². The average Bonchev–Trinajstić information content (AvgIpc) is 2.77. The first kappa shape index (κ1) is 18.3. The Morgan fingerprint density at radius 2 is 2.00 bits per heavy atom. The number of hydrogen-bond acceptors (Lipinski definition) is 3. The van der Waals surface area contributed by atoms with E-state index in [4.69, 9.17) is 0 Å². The largest absolute Gasteiger partial charge is 0.404 e. The molecule has 1 aromatic rings. The molecule has 3 N–H and O–H groups in total. The third-order valence-electron chi connectivity index (χ3n) is 4.16. The van der Waals surface area contributed by atoms with Gasteiger partial charge >= 0.3 is 6.18 Å². The van der Waals surface area contributed by atoms with Crippen LogP contribution in [-0.4, -0.2) is 53.6 Å². The Labute approximate surface area is 137 Å². The number of carbonyl (C=O) groups is 2. The number of likely N-dealkylation sites (N-methyl/N-ethyl adjacent to an activating group) is 1. The topological polar surface area (TPSA) is 77.2 Å². The molecular weight excluding hydrogens is 325 g/mol. The molecule has 2 amide bonds. The molecule has 0 aliphatic carbocycles. The fourth-order valence-electron chi connectivity index (χ4n) is 3.04. The molecule has 2 atom stereocenters. The summed E-state index contributed by atoms with van der Waals surface area (Å²) in [6, 6.07) is -1.85. The maximum absolute atomic E-state index is 12.9. The third-order valence-corrected chi connectivity index (χ3v) is 4.16. The van der Waals surface area contributed by atoms with Crippen molar-refractivity contribution in [2.75, 3.05) is 18.9 Å². The normalized spacial score (nSPS) is 22.2. The quantitative estimate of drug-likeness (QED) is 0.784. The lowest BCUT2D eigenvalue weighted by molar-refractivity contribution is -0.188. The van der Waals surface area contributed by atoms with Crippen molar-refractivity contribution in [2.24, 2.45) is 0 Å². The Morgan fingerprint density at radius 3 is 2.54 bits per heavy atom. The number of halogens is 3. The standard InChI is InChI=1S/C15H21F3N4O2/c1-8-13(11(6-19-8)20-9(2)23)14(24)21-10-4-5-12(15(16,17)18)22(3)7-10/h6,10,12,19H,4-5,7H2,1-3H3,(H,20,23)(H,21,24). The van der Waals surface area contributed by atoms with Crippen LogP contribution in [0.1, 0.15) is 35.8 Å². The number of nitrogens with one attached hydrogen (secondary N) is 3. The van der Waals surface area contributed by atoms with Gasteiger partial charge in [-0.3, -0.25) is 14.5 Å². The second-order valence-corrected chi connectivity index (χ2v) is 6.13. The summed E-state index contributed by atoms with van der Waals surface area (Å²) in [5, 5.41) is 5.32. The summed E-state index contributed by atoms with van der Waals surface area (Å²) in [5.41, 5.74) is 1.23. The van der Waals surface area contributed by atoms with Crippen LogP contribution >= 0.6 is 0 Å². The molecule has 2 heterocycles. The predicted molar refractivity (Wildman–Crippen MR) is 82.8 cm³/mol. The van der Waals surface area contributed by atoms with Gasteiger partial charge in [-0.2, -0.15) is 13.2 Å². The summed E-state index contributed by atoms with van der Waals surface area (Å²) in [5.74, 6) is -0.727. The van der Waals surface area contributed by atoms with Gasteiger partial charge in [0.25, 0.3) is 5.91 Å². The molecule has 0 bridgehead atoms. The molecule has 2 unspecified atom stereocenters. The summed E-state index contributed by atoms with van der Waals surface area (Å²) in [7, 11) is 1.40. The number of aromatic nitrogens is 1. The molecule has 1 aliphatic heterocycles. The van der Waals surface area contributed by atoms with Crippen molar-refractivity contribution in [1.29, 1.82) is 0 Å². The van der Waals surface area contributed by atoms with Crippen LogP contribution in [0.2, 0.25) is 0 Å². The van der Waals surface area contributed by atoms with Crippen molar-refractivity contribution >= 4 is 17.5 Å². The fraction of sp³-hybridized carbons (Fsp3) is 0.600. The first-order valence-corrected chi connectivity index (χ1v) is 7.63. The Morgan fingerprint density at radius 1 is 1.33 bits per heavy atom. The van der Waals surface area contributed by atoms with E-state index in [2.05, 4.69) is 15.6 Å². The molecule has 6 nitrogen and oxygen atoms in total. The number of carbonyl (C=O) groups excluding carboxylic acids is 2. The molecule has 0 radical (unpaired) electrons. The molecular formula is C15H21F3N4O2. The number of aromatic amines is 1. The van der Waals surface area contributed by atoms with Gasteiger partial charge in [-0.1, -0.05) is 0 Å². The summed E-state index contributed by atoms with van der Waals surface area (Å²) in [6.07, 6.45) is -2.56. The van der Waals surface area contributed by atoms with Crippen LogP contribution in [0.25, 0.3) is 0 Å². The lowest BCUT2D eigenvalue weighted by atomic mass is 9.98. The summed E-state index contributed by atoms with van der Waals surface area (Å²) < 4.78 is 38.6. The number of nitrogens with zero attached hydrogens (tertiary/aromatic N) is 1. The predicted octanol–water partition coefficient (Wildman–Crippen LogP) is 2.04. The van der Waals surface area contributed by atoms with Crippen molar-refractivity contribution in [2.45, 2.75) is 44.9 Å². The minimum atomic E-state index is -4.26. The number of anilines is 1. The Balaban J connectivity index is 2.04. The average molecular weight is 346 g/mol. The second-order valence-electron chi connectivity index (χ2n) is 6.13. The first-order valence-electron chi connectivity index (χ1n) is 7.63. The molecule has 9 heteroatoms. The number of amides is 2. The number of rotatable bonds is 3. The van der Waals surface area contributed by atoms with E-state index in [1.807, 2.05) is 0 Å². The van der Waals surface area contributed by atoms with E-state index >= 15 is 0 Å². The van der Waals surface area contributed by atoms with Gasteiger partial charge < -0.3 is 15.6 Å². The van der Waals surface area contributed by atoms with Gasteiger partial charge in [-0.15, -0.1) is 0 Å². The molecule has 2 rings (SSSR count). The second kappa shape index (κ2) is 6.84. The van der Waals surface area contributed by atoms with Crippen LogP contribution in [0.5, 0.6) is 0 Å². The zero-order chi connectivity index (χ0) is 18.1. The van der Waals surface area contributed by atoms with Crippen molar-refractivity contribution in [3.05, 3.63) is 17.5 Å². The van der Waals surface area contributed by atoms with E-state index in [1.54, 1.807) is 6.92 Å². The van der Waals surface area contributed by atoms with Crippen LogP contribution in [0.4, 0.5) is 18.9 Å². The van der Waals surface area contributed by atoms with E-state index in [9.17, 15) is 22.8 Å². The number of H-pyrrole nitrogens is 1. The fourth-order valence-corrected chi connectivity index (χ4v) is 3.04. The molecule has 1 aliphatic rings. The lowest BCUT2D eigenvalue weighted by Crippen LogP contribution is -2.54. The van der Waals surface area contributed by atoms with Gasteiger partial charge in [-0.05, 0) is 26.8 Å². The summed E-state index contributed by atoms with van der Waals surface area (Å²) in [6.45, 7) is 3.14. The molecule has 1 aromatic heterocycles. The van der Waals surface area contributed by atoms with Gasteiger partial charge in [0.1, 0.15) is 6.04 Å². The number of piperidine rings is 1. The van der Waals surface area contributed by atoms with Gasteiger partial charge in [0.05, 0.1) is 11.3 Å². The molecule has 134 valence electrons. The van der Waals surface area contributed by atoms with E-state index in [0.29, 0.717) is 16.9 Å². The van der Waals surface area contributed by atoms with Crippen molar-refractivity contribution in [1.82, 2.24) is 15.2 Å². The molecule has 0 aromatic carbocycles. The van der Waals surface area contributed by atoms with Crippen LogP contribution in [0, 0.1) is 6.92 Å². The highest BCUT2D eigenvalue weighted by molar-refractivity contribution is 6.04. The zero-order valence-corrected chi connectivity index (χ0v) is 13.8. The maximum Gasteiger partial charge on any atom is 0.404 e. The number of aryl methyl sites for hydroxylation is 1. The highest BCUT2D eigenvalue weighted by Crippen LogP contribution is 2.31. The Bertz CT molecular complexity index is 627. The number of alkyl halides is 3. The Hall–Kier alpha value is -2.03. The third kappa shape index (κ3) is 4.08. The molecule has 1 fully saturated rings. The smallest absolute Gasteiger partial charge is 0.363 e. The SMILES string of the molecule is CC(=O)Nc1c[nH]c(C)c1C(=O)NC1CCC(C(F)(F)F)N(C)C1. The van der Waals surface area contributed by atoms with Gasteiger partial charge in [0, 0.05) is 31.4 Å². The molecule has 0 spiro atoms. The van der Waals surface area contributed by atoms with Crippen molar-refractivity contribution in [3.8, 4) is 0 Å². The highest BCUT2D eigenvalue weighted by Gasteiger charge is 2.45. The molecule has 0 saturated carbocycles. The van der Waals surface area contributed by atoms with E-state index in [0.717, 1.165) is 0 Å². The van der Waals surface area contributed by atoms with Gasteiger partial charge in [-0.25, -0.2) is 0 Å². The first-order chi connectivity index (χ1) is 11.1. The minimum Gasteiger partial charge on any atom is -0.363 e. The zero-order valence-electron chi connectivity index (χ0n) is 13.8. The maximum atomic E-state index is 12.9.